The number of aromatic nitrogens is 3. The molecule has 0 unspecified atom stereocenters. The standard InChI is InChI=1S/C17H15N3O2/c21-16-14-9-1-2-10(4-3-9)15(14)17(22)20(16)12-5-6-13-11(7-12)8-18-19-13/h1-2,5-10,21-22H,3-4H2,(H,18,19)/t9-,10+. The van der Waals surface area contributed by atoms with Gasteiger partial charge in [0.15, 0.2) is 0 Å². The van der Waals surface area contributed by atoms with E-state index >= 15 is 0 Å². The summed E-state index contributed by atoms with van der Waals surface area (Å²) in [6.45, 7) is 0. The van der Waals surface area contributed by atoms with Crippen LogP contribution in [0, 0.1) is 0 Å². The zero-order chi connectivity index (χ0) is 14.8. The Morgan fingerprint density at radius 2 is 1.73 bits per heavy atom. The van der Waals surface area contributed by atoms with Gasteiger partial charge in [-0.25, -0.2) is 0 Å². The highest BCUT2D eigenvalue weighted by Gasteiger charge is 2.37. The van der Waals surface area contributed by atoms with E-state index in [1.807, 2.05) is 18.2 Å². The molecule has 5 heteroatoms. The molecule has 5 nitrogen and oxygen atoms in total. The average Bonchev–Trinajstić information content (AvgIpc) is 3.12. The van der Waals surface area contributed by atoms with Gasteiger partial charge in [-0.05, 0) is 31.0 Å². The van der Waals surface area contributed by atoms with Gasteiger partial charge in [-0.1, -0.05) is 12.2 Å². The van der Waals surface area contributed by atoms with Gasteiger partial charge in [0.1, 0.15) is 0 Å². The van der Waals surface area contributed by atoms with Crippen LogP contribution in [-0.2, 0) is 0 Å². The number of H-pyrrole nitrogens is 1. The van der Waals surface area contributed by atoms with Crippen LogP contribution < -0.4 is 0 Å². The topological polar surface area (TPSA) is 74.1 Å². The van der Waals surface area contributed by atoms with E-state index in [2.05, 4.69) is 22.3 Å². The summed E-state index contributed by atoms with van der Waals surface area (Å²) in [5.41, 5.74) is 3.46. The van der Waals surface area contributed by atoms with E-state index < -0.39 is 0 Å². The molecule has 0 aliphatic heterocycles. The number of rotatable bonds is 1. The lowest BCUT2D eigenvalue weighted by molar-refractivity contribution is 0.399. The zero-order valence-corrected chi connectivity index (χ0v) is 11.8. The van der Waals surface area contributed by atoms with Crippen molar-refractivity contribution in [2.24, 2.45) is 0 Å². The van der Waals surface area contributed by atoms with Crippen molar-refractivity contribution in [3.05, 3.63) is 47.7 Å². The Balaban J connectivity index is 1.77. The Bertz CT molecular complexity index is 897. The average molecular weight is 293 g/mol. The molecule has 110 valence electrons. The number of benzene rings is 1. The van der Waals surface area contributed by atoms with Crippen molar-refractivity contribution in [3.63, 3.8) is 0 Å². The molecule has 6 rings (SSSR count). The van der Waals surface area contributed by atoms with Gasteiger partial charge in [0.25, 0.3) is 0 Å². The summed E-state index contributed by atoms with van der Waals surface area (Å²) in [4.78, 5) is 0. The second kappa shape index (κ2) is 3.94. The van der Waals surface area contributed by atoms with E-state index in [0.717, 1.165) is 40.6 Å². The molecule has 0 fully saturated rings. The van der Waals surface area contributed by atoms with E-state index in [9.17, 15) is 10.2 Å². The summed E-state index contributed by atoms with van der Waals surface area (Å²) < 4.78 is 1.55. The molecule has 0 radical (unpaired) electrons. The third-order valence-electron chi connectivity index (χ3n) is 4.98. The predicted molar refractivity (Wildman–Crippen MR) is 82.6 cm³/mol. The fraction of sp³-hybridized carbons (Fsp3) is 0.235. The summed E-state index contributed by atoms with van der Waals surface area (Å²) in [5.74, 6) is 0.749. The van der Waals surface area contributed by atoms with Crippen LogP contribution in [0.2, 0.25) is 0 Å². The minimum absolute atomic E-state index is 0.161. The first-order chi connectivity index (χ1) is 10.7. The van der Waals surface area contributed by atoms with Gasteiger partial charge in [-0.15, -0.1) is 0 Å². The Hall–Kier alpha value is -2.69. The van der Waals surface area contributed by atoms with Gasteiger partial charge in [-0.2, -0.15) is 5.10 Å². The van der Waals surface area contributed by atoms with Crippen LogP contribution in [-0.4, -0.2) is 25.0 Å². The lowest BCUT2D eigenvalue weighted by atomic mass is 9.73. The van der Waals surface area contributed by atoms with Crippen molar-refractivity contribution in [2.75, 3.05) is 0 Å². The fourth-order valence-electron chi connectivity index (χ4n) is 3.93. The molecule has 2 heterocycles. The van der Waals surface area contributed by atoms with Crippen molar-refractivity contribution >= 4 is 10.9 Å². The third kappa shape index (κ3) is 1.35. The number of nitrogens with one attached hydrogen (secondary N) is 1. The van der Waals surface area contributed by atoms with Crippen LogP contribution in [0.3, 0.4) is 0 Å². The van der Waals surface area contributed by atoms with Crippen molar-refractivity contribution < 1.29 is 10.2 Å². The molecule has 2 aromatic heterocycles. The highest BCUT2D eigenvalue weighted by atomic mass is 16.3. The number of fused-ring (bicyclic) bond motifs is 2. The third-order valence-corrected chi connectivity index (χ3v) is 4.98. The molecule has 22 heavy (non-hydrogen) atoms. The number of nitrogens with zero attached hydrogens (tertiary/aromatic N) is 2. The molecule has 3 aliphatic carbocycles. The molecule has 1 aromatic carbocycles. The molecular weight excluding hydrogens is 278 g/mol. The Kier molecular flexibility index (Phi) is 2.13. The van der Waals surface area contributed by atoms with Gasteiger partial charge in [0, 0.05) is 28.3 Å². The van der Waals surface area contributed by atoms with Crippen molar-refractivity contribution in [3.8, 4) is 17.4 Å². The number of aromatic amines is 1. The maximum absolute atomic E-state index is 10.7. The van der Waals surface area contributed by atoms with Crippen LogP contribution in [0.5, 0.6) is 11.8 Å². The van der Waals surface area contributed by atoms with Crippen LogP contribution in [0.1, 0.15) is 35.8 Å². The summed E-state index contributed by atoms with van der Waals surface area (Å²) in [5, 5.41) is 29.3. The highest BCUT2D eigenvalue weighted by Crippen LogP contribution is 2.54. The quantitative estimate of drug-likeness (QED) is 0.603. The molecule has 0 amide bonds. The van der Waals surface area contributed by atoms with E-state index in [-0.39, 0.29) is 23.6 Å². The van der Waals surface area contributed by atoms with E-state index in [1.54, 1.807) is 10.8 Å². The Labute approximate surface area is 126 Å². The molecule has 0 saturated heterocycles. The first kappa shape index (κ1) is 11.9. The highest BCUT2D eigenvalue weighted by molar-refractivity contribution is 5.80. The van der Waals surface area contributed by atoms with Gasteiger partial charge in [-0.3, -0.25) is 9.67 Å². The molecule has 0 spiro atoms. The summed E-state index contributed by atoms with van der Waals surface area (Å²) in [7, 11) is 0. The van der Waals surface area contributed by atoms with Crippen molar-refractivity contribution in [1.82, 2.24) is 14.8 Å². The minimum Gasteiger partial charge on any atom is -0.494 e. The molecular formula is C17H15N3O2. The van der Waals surface area contributed by atoms with E-state index in [0.29, 0.717) is 0 Å². The maximum Gasteiger partial charge on any atom is 0.202 e. The predicted octanol–water partition coefficient (Wildman–Crippen LogP) is 3.30. The second-order valence-corrected chi connectivity index (χ2v) is 6.13. The first-order valence-corrected chi connectivity index (χ1v) is 7.52. The number of hydrogen-bond acceptors (Lipinski definition) is 3. The first-order valence-electron chi connectivity index (χ1n) is 7.52. The van der Waals surface area contributed by atoms with Gasteiger partial charge in [0.05, 0.1) is 17.4 Å². The van der Waals surface area contributed by atoms with E-state index in [1.165, 1.54) is 0 Å². The molecule has 0 saturated carbocycles. The van der Waals surface area contributed by atoms with Crippen molar-refractivity contribution in [1.29, 1.82) is 0 Å². The van der Waals surface area contributed by atoms with Crippen LogP contribution in [0.4, 0.5) is 0 Å². The monoisotopic (exact) mass is 293 g/mol. The number of aromatic hydroxyl groups is 2. The van der Waals surface area contributed by atoms with E-state index in [4.69, 9.17) is 0 Å². The van der Waals surface area contributed by atoms with Crippen LogP contribution in [0.15, 0.2) is 36.5 Å². The molecule has 3 aliphatic rings. The Morgan fingerprint density at radius 3 is 2.36 bits per heavy atom. The largest absolute Gasteiger partial charge is 0.494 e. The minimum atomic E-state index is 0.161. The fourth-order valence-corrected chi connectivity index (χ4v) is 3.93. The normalized spacial score (nSPS) is 22.4. The summed E-state index contributed by atoms with van der Waals surface area (Å²) >= 11 is 0. The van der Waals surface area contributed by atoms with Crippen LogP contribution in [0.25, 0.3) is 16.6 Å². The zero-order valence-electron chi connectivity index (χ0n) is 11.8. The Morgan fingerprint density at radius 1 is 1.05 bits per heavy atom. The molecule has 2 bridgehead atoms. The number of allylic oxidation sites excluding steroid dienone is 2. The second-order valence-electron chi connectivity index (χ2n) is 6.13. The maximum atomic E-state index is 10.7. The van der Waals surface area contributed by atoms with Gasteiger partial charge < -0.3 is 10.2 Å². The van der Waals surface area contributed by atoms with Gasteiger partial charge >= 0.3 is 0 Å². The summed E-state index contributed by atoms with van der Waals surface area (Å²) in [6.07, 6.45) is 8.11. The summed E-state index contributed by atoms with van der Waals surface area (Å²) in [6, 6.07) is 5.70. The van der Waals surface area contributed by atoms with Gasteiger partial charge in [0.2, 0.25) is 11.8 Å². The number of hydrogen-bond donors (Lipinski definition) is 3. The smallest absolute Gasteiger partial charge is 0.202 e. The molecule has 3 aromatic rings. The van der Waals surface area contributed by atoms with Crippen molar-refractivity contribution in [2.45, 2.75) is 24.7 Å². The SMILES string of the molecule is Oc1c2c(c(O)n1-c1ccc3[nH]ncc3c1)[C@H]1C=C[C@@H]2CC1. The lowest BCUT2D eigenvalue weighted by Gasteiger charge is -2.30. The van der Waals surface area contributed by atoms with Crippen LogP contribution >= 0.6 is 0 Å². The molecule has 2 atom stereocenters. The molecule has 3 N–H and O–H groups in total. The lowest BCUT2D eigenvalue weighted by Crippen LogP contribution is -2.15.